The number of nitrogens with two attached hydrogens (primary N) is 1. The summed E-state index contributed by atoms with van der Waals surface area (Å²) in [4.78, 5) is 12.1. The minimum absolute atomic E-state index is 0.189. The number of carbonyl (C=O) groups is 1. The highest BCUT2D eigenvalue weighted by Crippen LogP contribution is 2.37. The lowest BCUT2D eigenvalue weighted by atomic mass is 9.99. The fourth-order valence-corrected chi connectivity index (χ4v) is 2.57. The van der Waals surface area contributed by atoms with Crippen molar-refractivity contribution < 1.29 is 9.53 Å². The van der Waals surface area contributed by atoms with Gasteiger partial charge in [0, 0.05) is 6.04 Å². The Morgan fingerprint density at radius 1 is 1.39 bits per heavy atom. The van der Waals surface area contributed by atoms with Gasteiger partial charge < -0.3 is 10.5 Å². The summed E-state index contributed by atoms with van der Waals surface area (Å²) in [5.41, 5.74) is 9.21. The number of hydrogen-bond acceptors (Lipinski definition) is 3. The number of ether oxygens (including phenoxy) is 1. The fourth-order valence-electron chi connectivity index (χ4n) is 2.57. The number of aryl methyl sites for hydroxylation is 1. The van der Waals surface area contributed by atoms with E-state index in [1.807, 2.05) is 45.9 Å². The molecular weight excluding hydrogens is 226 g/mol. The molecule has 0 saturated carbocycles. The van der Waals surface area contributed by atoms with Gasteiger partial charge in [-0.2, -0.15) is 0 Å². The van der Waals surface area contributed by atoms with E-state index in [4.69, 9.17) is 10.5 Å². The second-order valence-corrected chi connectivity index (χ2v) is 6.02. The molecule has 2 atom stereocenters. The normalized spacial score (nSPS) is 22.7. The van der Waals surface area contributed by atoms with Crippen LogP contribution in [0.2, 0.25) is 0 Å². The van der Waals surface area contributed by atoms with Crippen LogP contribution in [0.3, 0.4) is 0 Å². The zero-order valence-electron chi connectivity index (χ0n) is 11.5. The number of hydrogen-bond donors (Lipinski definition) is 1. The molecule has 0 saturated heterocycles. The number of benzene rings is 1. The first-order valence-electron chi connectivity index (χ1n) is 6.36. The Balaban J connectivity index is 2.22. The van der Waals surface area contributed by atoms with Crippen LogP contribution in [0.15, 0.2) is 18.2 Å². The van der Waals surface area contributed by atoms with Gasteiger partial charge in [0.2, 0.25) is 0 Å². The highest BCUT2D eigenvalue weighted by Gasteiger charge is 2.38. The molecule has 1 aromatic carbocycles. The Morgan fingerprint density at radius 3 is 2.61 bits per heavy atom. The van der Waals surface area contributed by atoms with Crippen molar-refractivity contribution in [3.8, 4) is 0 Å². The summed E-state index contributed by atoms with van der Waals surface area (Å²) in [5, 5.41) is 0. The van der Waals surface area contributed by atoms with Crippen LogP contribution in [0, 0.1) is 12.8 Å². The Labute approximate surface area is 108 Å². The average molecular weight is 247 g/mol. The second kappa shape index (κ2) is 4.39. The molecular formula is C15H21NO2. The SMILES string of the molecule is Cc1cccc2c1[C@@H](N)[C@H](C(=O)OC(C)(C)C)C2. The summed E-state index contributed by atoms with van der Waals surface area (Å²) in [5.74, 6) is -0.439. The highest BCUT2D eigenvalue weighted by atomic mass is 16.6. The number of esters is 1. The molecule has 0 radical (unpaired) electrons. The summed E-state index contributed by atoms with van der Waals surface area (Å²) in [6.07, 6.45) is 0.688. The van der Waals surface area contributed by atoms with E-state index in [2.05, 4.69) is 0 Å². The monoisotopic (exact) mass is 247 g/mol. The van der Waals surface area contributed by atoms with Gasteiger partial charge in [-0.15, -0.1) is 0 Å². The van der Waals surface area contributed by atoms with E-state index in [0.29, 0.717) is 6.42 Å². The number of fused-ring (bicyclic) bond motifs is 1. The predicted octanol–water partition coefficient (Wildman–Crippen LogP) is 2.51. The molecule has 0 amide bonds. The average Bonchev–Trinajstić information content (AvgIpc) is 2.55. The zero-order valence-corrected chi connectivity index (χ0v) is 11.5. The van der Waals surface area contributed by atoms with Crippen LogP contribution < -0.4 is 5.73 Å². The van der Waals surface area contributed by atoms with E-state index >= 15 is 0 Å². The van der Waals surface area contributed by atoms with Crippen LogP contribution in [0.5, 0.6) is 0 Å². The molecule has 1 aromatic rings. The molecule has 0 aromatic heterocycles. The summed E-state index contributed by atoms with van der Waals surface area (Å²) in [7, 11) is 0. The first-order valence-corrected chi connectivity index (χ1v) is 6.36. The van der Waals surface area contributed by atoms with Crippen LogP contribution in [-0.4, -0.2) is 11.6 Å². The van der Waals surface area contributed by atoms with Gasteiger partial charge in [-0.05, 0) is 50.8 Å². The molecule has 2 rings (SSSR count). The summed E-state index contributed by atoms with van der Waals surface area (Å²) < 4.78 is 5.44. The van der Waals surface area contributed by atoms with Crippen LogP contribution in [-0.2, 0) is 16.0 Å². The molecule has 3 heteroatoms. The third-order valence-corrected chi connectivity index (χ3v) is 3.33. The van der Waals surface area contributed by atoms with Crippen molar-refractivity contribution in [1.82, 2.24) is 0 Å². The van der Waals surface area contributed by atoms with E-state index in [-0.39, 0.29) is 17.9 Å². The van der Waals surface area contributed by atoms with Crippen molar-refractivity contribution in [2.24, 2.45) is 11.7 Å². The molecule has 98 valence electrons. The first kappa shape index (κ1) is 13.1. The fraction of sp³-hybridized carbons (Fsp3) is 0.533. The van der Waals surface area contributed by atoms with Crippen LogP contribution in [0.25, 0.3) is 0 Å². The Hall–Kier alpha value is -1.35. The standard InChI is InChI=1S/C15H21NO2/c1-9-6-5-7-10-8-11(13(16)12(9)10)14(17)18-15(2,3)4/h5-7,11,13H,8,16H2,1-4H3/t11-,13+/m1/s1. The molecule has 2 N–H and O–H groups in total. The van der Waals surface area contributed by atoms with Crippen molar-refractivity contribution in [3.05, 3.63) is 34.9 Å². The topological polar surface area (TPSA) is 52.3 Å². The van der Waals surface area contributed by atoms with E-state index in [1.54, 1.807) is 0 Å². The van der Waals surface area contributed by atoms with Crippen molar-refractivity contribution >= 4 is 5.97 Å². The molecule has 0 fully saturated rings. The maximum atomic E-state index is 12.1. The van der Waals surface area contributed by atoms with Gasteiger partial charge in [0.1, 0.15) is 5.60 Å². The molecule has 3 nitrogen and oxygen atoms in total. The largest absolute Gasteiger partial charge is 0.460 e. The van der Waals surface area contributed by atoms with Crippen LogP contribution in [0.4, 0.5) is 0 Å². The number of carbonyl (C=O) groups excluding carboxylic acids is 1. The van der Waals surface area contributed by atoms with E-state index in [1.165, 1.54) is 5.56 Å². The van der Waals surface area contributed by atoms with Crippen molar-refractivity contribution in [1.29, 1.82) is 0 Å². The van der Waals surface area contributed by atoms with Gasteiger partial charge >= 0.3 is 5.97 Å². The van der Waals surface area contributed by atoms with Crippen molar-refractivity contribution in [2.45, 2.75) is 45.8 Å². The van der Waals surface area contributed by atoms with E-state index in [9.17, 15) is 4.79 Å². The second-order valence-electron chi connectivity index (χ2n) is 6.02. The Bertz CT molecular complexity index is 474. The molecule has 0 bridgehead atoms. The third-order valence-electron chi connectivity index (χ3n) is 3.33. The molecule has 1 aliphatic carbocycles. The zero-order chi connectivity index (χ0) is 13.5. The lowest BCUT2D eigenvalue weighted by Gasteiger charge is -2.24. The molecule has 0 heterocycles. The van der Waals surface area contributed by atoms with E-state index < -0.39 is 5.60 Å². The van der Waals surface area contributed by atoms with Gasteiger partial charge in [-0.3, -0.25) is 4.79 Å². The lowest BCUT2D eigenvalue weighted by Crippen LogP contribution is -2.33. The highest BCUT2D eigenvalue weighted by molar-refractivity contribution is 5.76. The van der Waals surface area contributed by atoms with Crippen molar-refractivity contribution in [3.63, 3.8) is 0 Å². The van der Waals surface area contributed by atoms with Gasteiger partial charge in [0.05, 0.1) is 5.92 Å². The number of rotatable bonds is 1. The summed E-state index contributed by atoms with van der Waals surface area (Å²) in [6, 6.07) is 5.86. The minimum Gasteiger partial charge on any atom is -0.460 e. The maximum Gasteiger partial charge on any atom is 0.311 e. The maximum absolute atomic E-state index is 12.1. The Kier molecular flexibility index (Phi) is 3.20. The minimum atomic E-state index is -0.458. The van der Waals surface area contributed by atoms with Crippen LogP contribution in [0.1, 0.15) is 43.5 Å². The third kappa shape index (κ3) is 2.41. The van der Waals surface area contributed by atoms with Gasteiger partial charge in [-0.25, -0.2) is 0 Å². The van der Waals surface area contributed by atoms with Crippen LogP contribution >= 0.6 is 0 Å². The first-order chi connectivity index (χ1) is 8.29. The molecule has 0 aliphatic heterocycles. The van der Waals surface area contributed by atoms with Gasteiger partial charge in [0.25, 0.3) is 0 Å². The predicted molar refractivity (Wildman–Crippen MR) is 71.1 cm³/mol. The summed E-state index contributed by atoms with van der Waals surface area (Å²) >= 11 is 0. The molecule has 0 unspecified atom stereocenters. The molecule has 0 spiro atoms. The van der Waals surface area contributed by atoms with Gasteiger partial charge in [0.15, 0.2) is 0 Å². The molecule has 1 aliphatic rings. The van der Waals surface area contributed by atoms with Gasteiger partial charge in [-0.1, -0.05) is 18.2 Å². The van der Waals surface area contributed by atoms with E-state index in [0.717, 1.165) is 11.1 Å². The quantitative estimate of drug-likeness (QED) is 0.776. The molecule has 18 heavy (non-hydrogen) atoms. The lowest BCUT2D eigenvalue weighted by molar-refractivity contribution is -0.160. The summed E-state index contributed by atoms with van der Waals surface area (Å²) in [6.45, 7) is 7.67. The smallest absolute Gasteiger partial charge is 0.311 e. The van der Waals surface area contributed by atoms with Crippen molar-refractivity contribution in [2.75, 3.05) is 0 Å². The Morgan fingerprint density at radius 2 is 2.06 bits per heavy atom.